The molecule has 1 saturated heterocycles. The van der Waals surface area contributed by atoms with Crippen LogP contribution >= 0.6 is 0 Å². The largest absolute Gasteiger partial charge is 0.340 e. The highest BCUT2D eigenvalue weighted by atomic mass is 16.2. The van der Waals surface area contributed by atoms with Crippen LogP contribution in [0.15, 0.2) is 71.5 Å². The summed E-state index contributed by atoms with van der Waals surface area (Å²) in [7, 11) is 0. The molecule has 2 aromatic carbocycles. The van der Waals surface area contributed by atoms with E-state index >= 15 is 0 Å². The maximum absolute atomic E-state index is 13.7. The van der Waals surface area contributed by atoms with Gasteiger partial charge in [0.15, 0.2) is 0 Å². The van der Waals surface area contributed by atoms with E-state index in [-0.39, 0.29) is 41.7 Å². The first kappa shape index (κ1) is 21.1. The summed E-state index contributed by atoms with van der Waals surface area (Å²) < 4.78 is 1.84. The number of likely N-dealkylation sites (tertiary alicyclic amines) is 1. The maximum atomic E-state index is 13.7. The molecule has 180 valence electrons. The molecule has 36 heavy (non-hydrogen) atoms. The number of carbonyl (C=O) groups is 3. The molecule has 1 aromatic heterocycles. The van der Waals surface area contributed by atoms with E-state index < -0.39 is 6.17 Å². The number of benzene rings is 2. The first-order valence-electron chi connectivity index (χ1n) is 12.3. The number of carbonyl (C=O) groups excluding carboxylic acids is 3. The number of nitrogens with zero attached hydrogens (tertiary/aromatic N) is 4. The summed E-state index contributed by atoms with van der Waals surface area (Å²) in [5.41, 5.74) is 3.27. The van der Waals surface area contributed by atoms with Crippen molar-refractivity contribution in [3.05, 3.63) is 99.5 Å². The number of amides is 3. The summed E-state index contributed by atoms with van der Waals surface area (Å²) in [6.07, 6.45) is 0.297. The molecule has 0 N–H and O–H groups in total. The summed E-state index contributed by atoms with van der Waals surface area (Å²) in [6, 6.07) is 19.7. The summed E-state index contributed by atoms with van der Waals surface area (Å²) in [4.78, 5) is 58.1. The number of rotatable bonds is 2. The normalized spacial score (nSPS) is 23.7. The number of aromatic nitrogens is 1. The third-order valence-electron chi connectivity index (χ3n) is 8.02. The van der Waals surface area contributed by atoms with Gasteiger partial charge < -0.3 is 14.4 Å². The topological polar surface area (TPSA) is 82.9 Å². The van der Waals surface area contributed by atoms with Crippen molar-refractivity contribution >= 4 is 23.4 Å². The number of hydrogen-bond donors (Lipinski definition) is 0. The average molecular weight is 481 g/mol. The first-order valence-corrected chi connectivity index (χ1v) is 12.3. The van der Waals surface area contributed by atoms with Gasteiger partial charge >= 0.3 is 0 Å². The van der Waals surface area contributed by atoms with Crippen molar-refractivity contribution in [2.24, 2.45) is 5.92 Å². The Balaban J connectivity index is 1.22. The molecular formula is C28H24N4O4. The second-order valence-corrected chi connectivity index (χ2v) is 10.1. The quantitative estimate of drug-likeness (QED) is 0.565. The number of hydrogen-bond acceptors (Lipinski definition) is 4. The maximum Gasteiger partial charge on any atom is 0.260 e. The number of para-hydroxylation sites is 1. The highest BCUT2D eigenvalue weighted by molar-refractivity contribution is 6.17. The summed E-state index contributed by atoms with van der Waals surface area (Å²) >= 11 is 0. The lowest BCUT2D eigenvalue weighted by Crippen LogP contribution is -2.54. The van der Waals surface area contributed by atoms with Crippen molar-refractivity contribution < 1.29 is 14.4 Å². The van der Waals surface area contributed by atoms with Crippen molar-refractivity contribution in [2.45, 2.75) is 25.0 Å². The lowest BCUT2D eigenvalue weighted by molar-refractivity contribution is -0.135. The zero-order valence-electron chi connectivity index (χ0n) is 19.5. The second kappa shape index (κ2) is 7.65. The van der Waals surface area contributed by atoms with Crippen molar-refractivity contribution in [2.75, 3.05) is 24.5 Å². The summed E-state index contributed by atoms with van der Waals surface area (Å²) in [5.74, 6) is -0.260. The van der Waals surface area contributed by atoms with Crippen molar-refractivity contribution in [1.29, 1.82) is 0 Å². The Morgan fingerprint density at radius 2 is 1.58 bits per heavy atom. The standard InChI is InChI=1S/C28H24N4O4/c33-24-11-5-10-22-18-12-17(14-30(22)24)13-29(15-18)25(34)16-31-26-19-6-1-2-7-20(19)28(36)32(26)23-9-4-3-8-21(23)27(31)35/h1-11,17-18,26H,12-16H2/t17-,18+,26-/m0/s1. The molecule has 3 aromatic rings. The molecule has 0 saturated carbocycles. The molecular weight excluding hydrogens is 456 g/mol. The van der Waals surface area contributed by atoms with Crippen molar-refractivity contribution in [1.82, 2.24) is 14.4 Å². The molecule has 1 fully saturated rings. The zero-order valence-corrected chi connectivity index (χ0v) is 19.5. The zero-order chi connectivity index (χ0) is 24.6. The van der Waals surface area contributed by atoms with Crippen LogP contribution in [0.4, 0.5) is 5.69 Å². The molecule has 0 unspecified atom stereocenters. The Morgan fingerprint density at radius 1 is 0.806 bits per heavy atom. The molecule has 0 spiro atoms. The Hall–Kier alpha value is -4.20. The van der Waals surface area contributed by atoms with Crippen molar-refractivity contribution in [3.8, 4) is 0 Å². The Bertz CT molecular complexity index is 1510. The van der Waals surface area contributed by atoms with E-state index in [1.165, 1.54) is 4.90 Å². The van der Waals surface area contributed by atoms with Crippen LogP contribution in [0.3, 0.4) is 0 Å². The van der Waals surface area contributed by atoms with Crippen LogP contribution in [-0.2, 0) is 11.3 Å². The molecule has 4 aliphatic rings. The van der Waals surface area contributed by atoms with Crippen LogP contribution < -0.4 is 10.5 Å². The minimum Gasteiger partial charge on any atom is -0.340 e. The number of piperidine rings is 1. The predicted octanol–water partition coefficient (Wildman–Crippen LogP) is 2.61. The molecule has 3 atom stereocenters. The molecule has 2 bridgehead atoms. The van der Waals surface area contributed by atoms with Gasteiger partial charge in [-0.3, -0.25) is 24.1 Å². The van der Waals surface area contributed by atoms with Gasteiger partial charge in [-0.2, -0.15) is 0 Å². The van der Waals surface area contributed by atoms with Crippen LogP contribution in [0.25, 0.3) is 0 Å². The highest BCUT2D eigenvalue weighted by Crippen LogP contribution is 2.45. The van der Waals surface area contributed by atoms with E-state index in [2.05, 4.69) is 0 Å². The number of fused-ring (bicyclic) bond motifs is 9. The van der Waals surface area contributed by atoms with Crippen LogP contribution in [-0.4, -0.2) is 51.7 Å². The smallest absolute Gasteiger partial charge is 0.260 e. The SMILES string of the molecule is O=C(CN1C(=O)c2ccccc2N2C(=O)c3ccccc3[C@@H]12)N1C[C@@H]2C[C@H](C1)c1cccc(=O)n1C2. The van der Waals surface area contributed by atoms with Crippen LogP contribution in [0.2, 0.25) is 0 Å². The van der Waals surface area contributed by atoms with Gasteiger partial charge in [-0.05, 0) is 36.6 Å². The Kier molecular flexibility index (Phi) is 4.49. The Morgan fingerprint density at radius 3 is 2.44 bits per heavy atom. The van der Waals surface area contributed by atoms with Crippen molar-refractivity contribution in [3.63, 3.8) is 0 Å². The molecule has 3 amide bonds. The summed E-state index contributed by atoms with van der Waals surface area (Å²) in [6.45, 7) is 1.56. The third-order valence-corrected chi connectivity index (χ3v) is 8.02. The fourth-order valence-corrected chi connectivity index (χ4v) is 6.48. The average Bonchev–Trinajstić information content (AvgIpc) is 3.19. The molecule has 4 aliphatic heterocycles. The number of anilines is 1. The Labute approximate surface area is 207 Å². The van der Waals surface area contributed by atoms with Crippen LogP contribution in [0.5, 0.6) is 0 Å². The molecule has 8 heteroatoms. The van der Waals surface area contributed by atoms with E-state index in [1.807, 2.05) is 39.8 Å². The fraction of sp³-hybridized carbons (Fsp3) is 0.286. The minimum atomic E-state index is -0.649. The lowest BCUT2D eigenvalue weighted by atomic mass is 9.83. The molecule has 5 heterocycles. The molecule has 7 rings (SSSR count). The molecule has 8 nitrogen and oxygen atoms in total. The van der Waals surface area contributed by atoms with Gasteiger partial charge in [0.1, 0.15) is 12.7 Å². The predicted molar refractivity (Wildman–Crippen MR) is 132 cm³/mol. The van der Waals surface area contributed by atoms with E-state index in [1.54, 1.807) is 41.3 Å². The van der Waals surface area contributed by atoms with Gasteiger partial charge in [0.25, 0.3) is 17.4 Å². The summed E-state index contributed by atoms with van der Waals surface area (Å²) in [5, 5.41) is 0. The second-order valence-electron chi connectivity index (χ2n) is 10.1. The number of pyridine rings is 1. The first-order chi connectivity index (χ1) is 17.5. The van der Waals surface area contributed by atoms with E-state index in [4.69, 9.17) is 0 Å². The third kappa shape index (κ3) is 2.93. The molecule has 0 radical (unpaired) electrons. The highest BCUT2D eigenvalue weighted by Gasteiger charge is 2.48. The fourth-order valence-electron chi connectivity index (χ4n) is 6.48. The monoisotopic (exact) mass is 480 g/mol. The van der Waals surface area contributed by atoms with Crippen LogP contribution in [0, 0.1) is 5.92 Å². The van der Waals surface area contributed by atoms with E-state index in [9.17, 15) is 19.2 Å². The van der Waals surface area contributed by atoms with Gasteiger partial charge in [-0.25, -0.2) is 0 Å². The van der Waals surface area contributed by atoms with Gasteiger partial charge in [0.2, 0.25) is 5.91 Å². The van der Waals surface area contributed by atoms with Crippen LogP contribution in [0.1, 0.15) is 50.5 Å². The lowest BCUT2D eigenvalue weighted by Gasteiger charge is -2.44. The van der Waals surface area contributed by atoms with Gasteiger partial charge in [0, 0.05) is 48.4 Å². The van der Waals surface area contributed by atoms with Gasteiger partial charge in [-0.1, -0.05) is 36.4 Å². The molecule has 0 aliphatic carbocycles. The van der Waals surface area contributed by atoms with E-state index in [0.717, 1.165) is 17.7 Å². The van der Waals surface area contributed by atoms with Gasteiger partial charge in [0.05, 0.1) is 11.3 Å². The minimum absolute atomic E-state index is 0.00390. The van der Waals surface area contributed by atoms with E-state index in [0.29, 0.717) is 36.4 Å². The van der Waals surface area contributed by atoms with Gasteiger partial charge in [-0.15, -0.1) is 0 Å².